The molecule has 1 aromatic rings. The first-order valence-corrected chi connectivity index (χ1v) is 5.60. The highest BCUT2D eigenvalue weighted by Crippen LogP contribution is 2.19. The summed E-state index contributed by atoms with van der Waals surface area (Å²) < 4.78 is 5.21. The minimum Gasteiger partial charge on any atom is -0.479 e. The van der Waals surface area contributed by atoms with Gasteiger partial charge < -0.3 is 14.9 Å². The van der Waals surface area contributed by atoms with E-state index in [1.54, 1.807) is 0 Å². The summed E-state index contributed by atoms with van der Waals surface area (Å²) in [6.45, 7) is 1.40. The maximum Gasteiger partial charge on any atom is 0.335 e. The van der Waals surface area contributed by atoms with Crippen molar-refractivity contribution < 1.29 is 19.7 Å². The van der Waals surface area contributed by atoms with Crippen LogP contribution in [0, 0.1) is 0 Å². The predicted octanol–water partition coefficient (Wildman–Crippen LogP) is 1.47. The average Bonchev–Trinajstić information content (AvgIpc) is 2.35. The lowest BCUT2D eigenvalue weighted by Gasteiger charge is -2.25. The summed E-state index contributed by atoms with van der Waals surface area (Å²) in [5, 5.41) is 17.8. The highest BCUT2D eigenvalue weighted by molar-refractivity contribution is 5.76. The summed E-state index contributed by atoms with van der Waals surface area (Å²) in [5.41, 5.74) is -0.161. The molecular formula is C13H18O4. The van der Waals surface area contributed by atoms with Crippen LogP contribution in [0.5, 0.6) is 0 Å². The number of ether oxygens (including phenoxy) is 1. The monoisotopic (exact) mass is 238 g/mol. The fraction of sp³-hybridized carbons (Fsp3) is 0.462. The summed E-state index contributed by atoms with van der Waals surface area (Å²) in [6.07, 6.45) is 1.02. The number of benzene rings is 1. The van der Waals surface area contributed by atoms with Crippen LogP contribution in [0.3, 0.4) is 0 Å². The largest absolute Gasteiger partial charge is 0.479 e. The van der Waals surface area contributed by atoms with Crippen molar-refractivity contribution in [3.63, 3.8) is 0 Å². The maximum absolute atomic E-state index is 11.1. The first-order chi connectivity index (χ1) is 8.08. The number of aliphatic hydroxyl groups is 1. The molecule has 0 aliphatic carbocycles. The summed E-state index contributed by atoms with van der Waals surface area (Å²) in [5.74, 6) is -0.998. The number of carboxylic acids is 1. The van der Waals surface area contributed by atoms with Crippen LogP contribution in [0.15, 0.2) is 30.3 Å². The molecule has 4 nitrogen and oxygen atoms in total. The second-order valence-corrected chi connectivity index (χ2v) is 4.09. The van der Waals surface area contributed by atoms with E-state index in [-0.39, 0.29) is 13.2 Å². The van der Waals surface area contributed by atoms with Gasteiger partial charge in [-0.15, -0.1) is 0 Å². The fourth-order valence-electron chi connectivity index (χ4n) is 1.54. The van der Waals surface area contributed by atoms with Gasteiger partial charge in [-0.25, -0.2) is 4.79 Å². The molecule has 0 saturated heterocycles. The zero-order valence-electron chi connectivity index (χ0n) is 9.93. The lowest BCUT2D eigenvalue weighted by Crippen LogP contribution is -2.39. The molecule has 0 fully saturated rings. The molecule has 0 radical (unpaired) electrons. The minimum atomic E-state index is -1.24. The van der Waals surface area contributed by atoms with E-state index in [9.17, 15) is 4.79 Å². The van der Waals surface area contributed by atoms with Gasteiger partial charge in [0.05, 0.1) is 13.2 Å². The number of hydrogen-bond acceptors (Lipinski definition) is 3. The van der Waals surface area contributed by atoms with Gasteiger partial charge in [0, 0.05) is 0 Å². The molecule has 0 aliphatic rings. The molecule has 94 valence electrons. The maximum atomic E-state index is 11.1. The Morgan fingerprint density at radius 3 is 2.53 bits per heavy atom. The van der Waals surface area contributed by atoms with Gasteiger partial charge >= 0.3 is 5.97 Å². The molecule has 1 aromatic carbocycles. The molecule has 0 amide bonds. The van der Waals surface area contributed by atoms with Crippen LogP contribution in [-0.2, 0) is 16.0 Å². The highest BCUT2D eigenvalue weighted by Gasteiger charge is 2.33. The first-order valence-electron chi connectivity index (χ1n) is 5.60. The molecule has 17 heavy (non-hydrogen) atoms. The van der Waals surface area contributed by atoms with E-state index in [0.717, 1.165) is 5.56 Å². The van der Waals surface area contributed by atoms with Gasteiger partial charge in [0.15, 0.2) is 5.60 Å². The second kappa shape index (κ2) is 6.37. The van der Waals surface area contributed by atoms with Crippen LogP contribution in [0.1, 0.15) is 18.9 Å². The molecule has 1 atom stereocenters. The number of rotatable bonds is 7. The van der Waals surface area contributed by atoms with Gasteiger partial charge in [0.1, 0.15) is 0 Å². The number of aliphatic carboxylic acids is 1. The predicted molar refractivity (Wildman–Crippen MR) is 63.8 cm³/mol. The number of carboxylic acid groups (broad SMARTS) is 1. The Kier molecular flexibility index (Phi) is 5.12. The van der Waals surface area contributed by atoms with Crippen molar-refractivity contribution in [1.29, 1.82) is 0 Å². The van der Waals surface area contributed by atoms with E-state index in [2.05, 4.69) is 0 Å². The van der Waals surface area contributed by atoms with Gasteiger partial charge in [-0.2, -0.15) is 0 Å². The molecule has 1 rings (SSSR count). The van der Waals surface area contributed by atoms with Crippen molar-refractivity contribution in [2.75, 3.05) is 13.2 Å². The Morgan fingerprint density at radius 2 is 2.00 bits per heavy atom. The second-order valence-electron chi connectivity index (χ2n) is 4.09. The Balaban J connectivity index is 2.58. The molecule has 1 unspecified atom stereocenters. The van der Waals surface area contributed by atoms with Crippen molar-refractivity contribution in [1.82, 2.24) is 0 Å². The van der Waals surface area contributed by atoms with E-state index in [0.29, 0.717) is 12.8 Å². The number of hydrogen-bond donors (Lipinski definition) is 2. The number of aliphatic hydroxyl groups excluding tert-OH is 1. The normalized spacial score (nSPS) is 14.2. The van der Waals surface area contributed by atoms with Crippen LogP contribution in [-0.4, -0.2) is 35.0 Å². The summed E-state index contributed by atoms with van der Waals surface area (Å²) in [4.78, 5) is 11.1. The Hall–Kier alpha value is -1.39. The smallest absolute Gasteiger partial charge is 0.335 e. The zero-order valence-corrected chi connectivity index (χ0v) is 9.93. The molecule has 2 N–H and O–H groups in total. The van der Waals surface area contributed by atoms with E-state index < -0.39 is 11.6 Å². The third-order valence-electron chi connectivity index (χ3n) is 2.70. The standard InChI is InChI=1S/C13H18O4/c1-13(12(15)16,17-10-9-14)8-7-11-5-3-2-4-6-11/h2-6,14H,7-10H2,1H3,(H,15,16). The van der Waals surface area contributed by atoms with Gasteiger partial charge in [-0.3, -0.25) is 0 Å². The summed E-state index contributed by atoms with van der Waals surface area (Å²) in [7, 11) is 0. The van der Waals surface area contributed by atoms with E-state index in [1.165, 1.54) is 6.92 Å². The SMILES string of the molecule is CC(CCc1ccccc1)(OCCO)C(=O)O. The van der Waals surface area contributed by atoms with Crippen molar-refractivity contribution in [3.8, 4) is 0 Å². The minimum absolute atomic E-state index is 0.0393. The van der Waals surface area contributed by atoms with Gasteiger partial charge in [-0.1, -0.05) is 30.3 Å². The highest BCUT2D eigenvalue weighted by atomic mass is 16.5. The van der Waals surface area contributed by atoms with Crippen molar-refractivity contribution >= 4 is 5.97 Å². The summed E-state index contributed by atoms with van der Waals surface area (Å²) >= 11 is 0. The van der Waals surface area contributed by atoms with Crippen molar-refractivity contribution in [2.24, 2.45) is 0 Å². The van der Waals surface area contributed by atoms with E-state index in [1.807, 2.05) is 30.3 Å². The van der Waals surface area contributed by atoms with Crippen molar-refractivity contribution in [3.05, 3.63) is 35.9 Å². The number of aryl methyl sites for hydroxylation is 1. The Morgan fingerprint density at radius 1 is 1.35 bits per heavy atom. The quantitative estimate of drug-likeness (QED) is 0.755. The third-order valence-corrected chi connectivity index (χ3v) is 2.70. The van der Waals surface area contributed by atoms with Gasteiger partial charge in [-0.05, 0) is 25.3 Å². The Labute approximate surface area is 101 Å². The Bertz CT molecular complexity index is 350. The first kappa shape index (κ1) is 13.7. The molecule has 0 aromatic heterocycles. The molecule has 0 spiro atoms. The average molecular weight is 238 g/mol. The van der Waals surface area contributed by atoms with E-state index in [4.69, 9.17) is 14.9 Å². The topological polar surface area (TPSA) is 66.8 Å². The van der Waals surface area contributed by atoms with Crippen LogP contribution in [0.4, 0.5) is 0 Å². The van der Waals surface area contributed by atoms with Gasteiger partial charge in [0.2, 0.25) is 0 Å². The van der Waals surface area contributed by atoms with Crippen LogP contribution >= 0.6 is 0 Å². The molecular weight excluding hydrogens is 220 g/mol. The van der Waals surface area contributed by atoms with E-state index >= 15 is 0 Å². The number of carbonyl (C=O) groups is 1. The molecule has 0 heterocycles. The van der Waals surface area contributed by atoms with Gasteiger partial charge in [0.25, 0.3) is 0 Å². The van der Waals surface area contributed by atoms with Crippen LogP contribution < -0.4 is 0 Å². The molecule has 0 bridgehead atoms. The molecule has 4 heteroatoms. The third kappa shape index (κ3) is 4.17. The van der Waals surface area contributed by atoms with Crippen LogP contribution in [0.25, 0.3) is 0 Å². The van der Waals surface area contributed by atoms with Crippen LogP contribution in [0.2, 0.25) is 0 Å². The lowest BCUT2D eigenvalue weighted by atomic mass is 9.96. The lowest BCUT2D eigenvalue weighted by molar-refractivity contribution is -0.165. The van der Waals surface area contributed by atoms with Crippen molar-refractivity contribution in [2.45, 2.75) is 25.4 Å². The summed E-state index contributed by atoms with van der Waals surface area (Å²) in [6, 6.07) is 9.66. The molecule has 0 aliphatic heterocycles. The molecule has 0 saturated carbocycles. The fourth-order valence-corrected chi connectivity index (χ4v) is 1.54. The zero-order chi connectivity index (χ0) is 12.7.